The molecule has 0 bridgehead atoms. The molecule has 32 heavy (non-hydrogen) atoms. The van der Waals surface area contributed by atoms with Gasteiger partial charge in [-0.3, -0.25) is 0 Å². The highest BCUT2D eigenvalue weighted by Crippen LogP contribution is 2.45. The summed E-state index contributed by atoms with van der Waals surface area (Å²) in [6, 6.07) is 50.5. The summed E-state index contributed by atoms with van der Waals surface area (Å²) in [5.74, 6) is 1.65. The van der Waals surface area contributed by atoms with Gasteiger partial charge in [-0.2, -0.15) is 0 Å². The third-order valence-corrected chi connectivity index (χ3v) is 5.87. The lowest BCUT2D eigenvalue weighted by atomic mass is 9.65. The molecule has 0 atom stereocenters. The molecule has 5 aromatic rings. The summed E-state index contributed by atoms with van der Waals surface area (Å²) >= 11 is 0. The molecule has 5 aromatic carbocycles. The minimum Gasteiger partial charge on any atom is -0.457 e. The van der Waals surface area contributed by atoms with Crippen molar-refractivity contribution in [3.05, 3.63) is 168 Å². The van der Waals surface area contributed by atoms with E-state index in [9.17, 15) is 0 Å². The first-order chi connectivity index (χ1) is 15.9. The van der Waals surface area contributed by atoms with Crippen molar-refractivity contribution >= 4 is 0 Å². The fraction of sp³-hybridized carbons (Fsp3) is 0.0323. The lowest BCUT2D eigenvalue weighted by molar-refractivity contribution is 0.481. The Morgan fingerprint density at radius 2 is 0.719 bits per heavy atom. The summed E-state index contributed by atoms with van der Waals surface area (Å²) in [4.78, 5) is 0. The van der Waals surface area contributed by atoms with Crippen molar-refractivity contribution in [2.24, 2.45) is 0 Å². The lowest BCUT2D eigenvalue weighted by Gasteiger charge is -2.37. The molecule has 1 nitrogen and oxygen atoms in total. The van der Waals surface area contributed by atoms with E-state index in [1.165, 1.54) is 16.7 Å². The minimum absolute atomic E-state index is 0.472. The van der Waals surface area contributed by atoms with Gasteiger partial charge in [0.15, 0.2) is 0 Å². The van der Waals surface area contributed by atoms with Crippen molar-refractivity contribution in [2.75, 3.05) is 0 Å². The second-order valence-corrected chi connectivity index (χ2v) is 7.79. The van der Waals surface area contributed by atoms with Gasteiger partial charge in [0.05, 0.1) is 5.41 Å². The second-order valence-electron chi connectivity index (χ2n) is 7.79. The van der Waals surface area contributed by atoms with Crippen molar-refractivity contribution in [3.63, 3.8) is 0 Å². The molecule has 0 aliphatic rings. The quantitative estimate of drug-likeness (QED) is 0.258. The zero-order chi connectivity index (χ0) is 21.6. The molecule has 0 aromatic heterocycles. The van der Waals surface area contributed by atoms with Crippen LogP contribution in [0.15, 0.2) is 146 Å². The Morgan fingerprint density at radius 1 is 0.344 bits per heavy atom. The number of ether oxygens (including phenoxy) is 1. The van der Waals surface area contributed by atoms with Gasteiger partial charge in [-0.1, -0.05) is 121 Å². The van der Waals surface area contributed by atoms with Crippen molar-refractivity contribution in [1.82, 2.24) is 0 Å². The minimum atomic E-state index is -0.472. The van der Waals surface area contributed by atoms with Gasteiger partial charge in [0.25, 0.3) is 0 Å². The van der Waals surface area contributed by atoms with Crippen LogP contribution in [-0.4, -0.2) is 0 Å². The smallest absolute Gasteiger partial charge is 0.127 e. The van der Waals surface area contributed by atoms with Gasteiger partial charge in [0.1, 0.15) is 11.5 Å². The molecule has 0 amide bonds. The van der Waals surface area contributed by atoms with Gasteiger partial charge in [0.2, 0.25) is 0 Å². The standard InChI is InChI=1S/C31H24O/c1-5-14-25(15-6-1)31(26-16-7-2-8-17-26,27-18-9-3-10-19-27)28-20-13-23-30(24-28)32-29-21-11-4-12-22-29/h1-24H. The largest absolute Gasteiger partial charge is 0.457 e. The third kappa shape index (κ3) is 3.70. The van der Waals surface area contributed by atoms with Crippen LogP contribution in [0.4, 0.5) is 0 Å². The maximum atomic E-state index is 6.22. The first-order valence-corrected chi connectivity index (χ1v) is 10.9. The second kappa shape index (κ2) is 8.95. The molecular weight excluding hydrogens is 388 g/mol. The fourth-order valence-corrected chi connectivity index (χ4v) is 4.48. The van der Waals surface area contributed by atoms with E-state index >= 15 is 0 Å². The lowest BCUT2D eigenvalue weighted by Crippen LogP contribution is -2.30. The van der Waals surface area contributed by atoms with Crippen LogP contribution in [0.5, 0.6) is 11.5 Å². The van der Waals surface area contributed by atoms with E-state index in [0.717, 1.165) is 17.1 Å². The Kier molecular flexibility index (Phi) is 5.55. The number of hydrogen-bond donors (Lipinski definition) is 0. The average Bonchev–Trinajstić information content (AvgIpc) is 2.88. The highest BCUT2D eigenvalue weighted by Gasteiger charge is 2.38. The molecule has 0 N–H and O–H groups in total. The maximum absolute atomic E-state index is 6.22. The molecule has 0 saturated heterocycles. The van der Waals surface area contributed by atoms with E-state index < -0.39 is 5.41 Å². The first kappa shape index (κ1) is 19.8. The third-order valence-electron chi connectivity index (χ3n) is 5.87. The fourth-order valence-electron chi connectivity index (χ4n) is 4.48. The Balaban J connectivity index is 1.77. The Bertz CT molecular complexity index is 1170. The number of hydrogen-bond acceptors (Lipinski definition) is 1. The first-order valence-electron chi connectivity index (χ1n) is 10.9. The Morgan fingerprint density at radius 3 is 1.19 bits per heavy atom. The molecule has 154 valence electrons. The summed E-state index contributed by atoms with van der Waals surface area (Å²) in [6.45, 7) is 0. The molecule has 0 unspecified atom stereocenters. The van der Waals surface area contributed by atoms with Crippen LogP contribution >= 0.6 is 0 Å². The van der Waals surface area contributed by atoms with Crippen molar-refractivity contribution in [2.45, 2.75) is 5.41 Å². The van der Waals surface area contributed by atoms with Crippen LogP contribution in [0.1, 0.15) is 22.3 Å². The van der Waals surface area contributed by atoms with Crippen LogP contribution in [0.2, 0.25) is 0 Å². The predicted molar refractivity (Wildman–Crippen MR) is 131 cm³/mol. The van der Waals surface area contributed by atoms with E-state index in [2.05, 4.69) is 109 Å². The highest BCUT2D eigenvalue weighted by molar-refractivity contribution is 5.60. The Labute approximate surface area is 189 Å². The summed E-state index contributed by atoms with van der Waals surface area (Å²) in [5, 5.41) is 0. The van der Waals surface area contributed by atoms with Gasteiger partial charge >= 0.3 is 0 Å². The molecular formula is C31H24O. The monoisotopic (exact) mass is 412 g/mol. The van der Waals surface area contributed by atoms with Crippen LogP contribution in [-0.2, 0) is 5.41 Å². The maximum Gasteiger partial charge on any atom is 0.127 e. The number of rotatable bonds is 6. The van der Waals surface area contributed by atoms with Crippen LogP contribution in [0, 0.1) is 0 Å². The van der Waals surface area contributed by atoms with Gasteiger partial charge in [-0.25, -0.2) is 0 Å². The molecule has 0 radical (unpaired) electrons. The molecule has 5 rings (SSSR count). The van der Waals surface area contributed by atoms with Crippen LogP contribution in [0.25, 0.3) is 0 Å². The van der Waals surface area contributed by atoms with E-state index in [0.29, 0.717) is 0 Å². The van der Waals surface area contributed by atoms with Crippen LogP contribution < -0.4 is 4.74 Å². The van der Waals surface area contributed by atoms with Gasteiger partial charge in [-0.05, 0) is 46.5 Å². The van der Waals surface area contributed by atoms with Gasteiger partial charge in [0, 0.05) is 0 Å². The molecule has 0 heterocycles. The van der Waals surface area contributed by atoms with E-state index in [4.69, 9.17) is 4.74 Å². The number of para-hydroxylation sites is 1. The molecule has 0 saturated carbocycles. The van der Waals surface area contributed by atoms with Crippen molar-refractivity contribution in [1.29, 1.82) is 0 Å². The van der Waals surface area contributed by atoms with Gasteiger partial charge < -0.3 is 4.74 Å². The Hall–Kier alpha value is -4.10. The highest BCUT2D eigenvalue weighted by atomic mass is 16.5. The van der Waals surface area contributed by atoms with Crippen LogP contribution in [0.3, 0.4) is 0 Å². The normalized spacial score (nSPS) is 11.1. The summed E-state index contributed by atoms with van der Waals surface area (Å²) in [6.07, 6.45) is 0. The number of benzene rings is 5. The van der Waals surface area contributed by atoms with E-state index in [-0.39, 0.29) is 0 Å². The van der Waals surface area contributed by atoms with Gasteiger partial charge in [-0.15, -0.1) is 0 Å². The molecule has 0 fully saturated rings. The topological polar surface area (TPSA) is 9.23 Å². The zero-order valence-corrected chi connectivity index (χ0v) is 17.8. The summed E-state index contributed by atoms with van der Waals surface area (Å²) in [7, 11) is 0. The molecule has 0 aliphatic heterocycles. The van der Waals surface area contributed by atoms with E-state index in [1.54, 1.807) is 0 Å². The van der Waals surface area contributed by atoms with E-state index in [1.807, 2.05) is 36.4 Å². The molecule has 1 heteroatoms. The summed E-state index contributed by atoms with van der Waals surface area (Å²) < 4.78 is 6.22. The zero-order valence-electron chi connectivity index (χ0n) is 17.8. The SMILES string of the molecule is c1ccc(Oc2cccc(C(c3ccccc3)(c3ccccc3)c3ccccc3)c2)cc1. The van der Waals surface area contributed by atoms with Crippen molar-refractivity contribution in [3.8, 4) is 11.5 Å². The molecule has 0 spiro atoms. The molecule has 0 aliphatic carbocycles. The predicted octanol–water partition coefficient (Wildman–Crippen LogP) is 7.86. The average molecular weight is 413 g/mol. The van der Waals surface area contributed by atoms with Crippen molar-refractivity contribution < 1.29 is 4.74 Å². The summed E-state index contributed by atoms with van der Waals surface area (Å²) in [5.41, 5.74) is 4.34.